The number of ether oxygens (including phenoxy) is 2. The van der Waals surface area contributed by atoms with Gasteiger partial charge in [-0.05, 0) is 30.2 Å². The highest BCUT2D eigenvalue weighted by Crippen LogP contribution is 2.15. The normalized spacial score (nSPS) is 10.7. The first-order valence-corrected chi connectivity index (χ1v) is 7.69. The first kappa shape index (κ1) is 19.2. The predicted molar refractivity (Wildman–Crippen MR) is 91.2 cm³/mol. The average molecular weight is 330 g/mol. The van der Waals surface area contributed by atoms with Crippen molar-refractivity contribution in [2.45, 2.75) is 19.8 Å². The summed E-state index contributed by atoms with van der Waals surface area (Å²) in [6.45, 7) is 1.77. The molecule has 6 heteroatoms. The van der Waals surface area contributed by atoms with E-state index in [0.29, 0.717) is 12.2 Å². The number of anilines is 1. The van der Waals surface area contributed by atoms with Crippen molar-refractivity contribution in [2.24, 2.45) is 0 Å². The lowest BCUT2D eigenvalue weighted by Crippen LogP contribution is -2.17. The van der Waals surface area contributed by atoms with Crippen molar-refractivity contribution < 1.29 is 19.1 Å². The number of esters is 2. The molecule has 0 N–H and O–H groups in total. The van der Waals surface area contributed by atoms with Gasteiger partial charge in [-0.3, -0.25) is 0 Å². The molecule has 0 heterocycles. The SMILES string of the molecule is CCCCOC(=O)COC(=O)C(C#N)=Cc1ccc(N(C)C)cc1. The number of nitriles is 1. The number of rotatable bonds is 8. The Morgan fingerprint density at radius 2 is 1.88 bits per heavy atom. The maximum absolute atomic E-state index is 11.9. The summed E-state index contributed by atoms with van der Waals surface area (Å²) in [7, 11) is 3.84. The lowest BCUT2D eigenvalue weighted by atomic mass is 10.1. The summed E-state index contributed by atoms with van der Waals surface area (Å²) in [4.78, 5) is 25.2. The van der Waals surface area contributed by atoms with Gasteiger partial charge in [-0.2, -0.15) is 5.26 Å². The molecular formula is C18H22N2O4. The van der Waals surface area contributed by atoms with E-state index in [9.17, 15) is 9.59 Å². The lowest BCUT2D eigenvalue weighted by molar-refractivity contribution is -0.156. The van der Waals surface area contributed by atoms with Gasteiger partial charge in [0.15, 0.2) is 6.61 Å². The fraction of sp³-hybridized carbons (Fsp3) is 0.389. The molecule has 0 saturated heterocycles. The molecule has 0 fully saturated rings. The average Bonchev–Trinajstić information content (AvgIpc) is 2.58. The Kier molecular flexibility index (Phi) is 8.06. The molecule has 0 bridgehead atoms. The molecule has 24 heavy (non-hydrogen) atoms. The van der Waals surface area contributed by atoms with Gasteiger partial charge in [0, 0.05) is 19.8 Å². The van der Waals surface area contributed by atoms with Gasteiger partial charge in [0.2, 0.25) is 0 Å². The zero-order chi connectivity index (χ0) is 17.9. The van der Waals surface area contributed by atoms with Crippen LogP contribution in [-0.4, -0.2) is 39.2 Å². The molecule has 0 aliphatic rings. The second-order valence-electron chi connectivity index (χ2n) is 5.31. The molecule has 6 nitrogen and oxygen atoms in total. The highest BCUT2D eigenvalue weighted by molar-refractivity contribution is 5.98. The molecule has 0 aliphatic heterocycles. The zero-order valence-electron chi connectivity index (χ0n) is 14.2. The van der Waals surface area contributed by atoms with E-state index in [1.165, 1.54) is 6.08 Å². The zero-order valence-corrected chi connectivity index (χ0v) is 14.2. The van der Waals surface area contributed by atoms with Crippen LogP contribution in [0.1, 0.15) is 25.3 Å². The molecule has 0 spiro atoms. The standard InChI is InChI=1S/C18H22N2O4/c1-4-5-10-23-17(21)13-24-18(22)15(12-19)11-14-6-8-16(9-7-14)20(2)3/h6-9,11H,4-5,10,13H2,1-3H3. The van der Waals surface area contributed by atoms with Crippen molar-refractivity contribution in [1.82, 2.24) is 0 Å². The number of unbranched alkanes of at least 4 members (excludes halogenated alkanes) is 1. The molecule has 0 aromatic heterocycles. The maximum Gasteiger partial charge on any atom is 0.349 e. The Hall–Kier alpha value is -2.81. The van der Waals surface area contributed by atoms with Crippen LogP contribution in [0, 0.1) is 11.3 Å². The van der Waals surface area contributed by atoms with Gasteiger partial charge in [0.05, 0.1) is 6.61 Å². The first-order valence-electron chi connectivity index (χ1n) is 7.69. The Labute approximate surface area is 142 Å². The maximum atomic E-state index is 11.9. The highest BCUT2D eigenvalue weighted by atomic mass is 16.6. The Morgan fingerprint density at radius 3 is 2.42 bits per heavy atom. The third-order valence-corrected chi connectivity index (χ3v) is 3.14. The smallest absolute Gasteiger partial charge is 0.349 e. The summed E-state index contributed by atoms with van der Waals surface area (Å²) >= 11 is 0. The van der Waals surface area contributed by atoms with E-state index in [4.69, 9.17) is 14.7 Å². The second-order valence-corrected chi connectivity index (χ2v) is 5.31. The van der Waals surface area contributed by atoms with Gasteiger partial charge in [-0.25, -0.2) is 9.59 Å². The molecule has 128 valence electrons. The molecule has 0 aliphatic carbocycles. The minimum absolute atomic E-state index is 0.172. The molecule has 0 atom stereocenters. The van der Waals surface area contributed by atoms with Crippen molar-refractivity contribution in [2.75, 3.05) is 32.2 Å². The molecular weight excluding hydrogens is 308 g/mol. The van der Waals surface area contributed by atoms with Crippen molar-refractivity contribution in [3.05, 3.63) is 35.4 Å². The van der Waals surface area contributed by atoms with E-state index >= 15 is 0 Å². The fourth-order valence-corrected chi connectivity index (χ4v) is 1.75. The lowest BCUT2D eigenvalue weighted by Gasteiger charge is -2.11. The van der Waals surface area contributed by atoms with Crippen molar-refractivity contribution in [3.63, 3.8) is 0 Å². The van der Waals surface area contributed by atoms with Crippen LogP contribution in [0.5, 0.6) is 0 Å². The quantitative estimate of drug-likeness (QED) is 0.315. The minimum atomic E-state index is -0.846. The Balaban J connectivity index is 2.63. The van der Waals surface area contributed by atoms with Gasteiger partial charge in [0.25, 0.3) is 0 Å². The van der Waals surface area contributed by atoms with Gasteiger partial charge in [-0.15, -0.1) is 0 Å². The van der Waals surface area contributed by atoms with E-state index in [1.807, 2.05) is 38.1 Å². The first-order chi connectivity index (χ1) is 11.5. The van der Waals surface area contributed by atoms with Crippen LogP contribution in [0.3, 0.4) is 0 Å². The topological polar surface area (TPSA) is 79.6 Å². The molecule has 0 radical (unpaired) electrons. The van der Waals surface area contributed by atoms with E-state index in [1.54, 1.807) is 18.2 Å². The summed E-state index contributed by atoms with van der Waals surface area (Å²) < 4.78 is 9.69. The number of benzene rings is 1. The predicted octanol–water partition coefficient (Wildman–Crippen LogP) is 2.55. The van der Waals surface area contributed by atoms with Gasteiger partial charge < -0.3 is 14.4 Å². The van der Waals surface area contributed by atoms with Crippen LogP contribution in [0.2, 0.25) is 0 Å². The van der Waals surface area contributed by atoms with Crippen molar-refractivity contribution in [1.29, 1.82) is 5.26 Å². The van der Waals surface area contributed by atoms with Crippen LogP contribution < -0.4 is 4.90 Å². The molecule has 1 aromatic carbocycles. The number of hydrogen-bond donors (Lipinski definition) is 0. The number of hydrogen-bond acceptors (Lipinski definition) is 6. The Morgan fingerprint density at radius 1 is 1.21 bits per heavy atom. The summed E-state index contributed by atoms with van der Waals surface area (Å²) in [6.07, 6.45) is 3.08. The summed E-state index contributed by atoms with van der Waals surface area (Å²) in [5.74, 6) is -1.47. The van der Waals surface area contributed by atoms with E-state index in [2.05, 4.69) is 0 Å². The molecule has 0 amide bonds. The molecule has 1 rings (SSSR count). The van der Waals surface area contributed by atoms with Crippen LogP contribution in [0.25, 0.3) is 6.08 Å². The monoisotopic (exact) mass is 330 g/mol. The third kappa shape index (κ3) is 6.53. The van der Waals surface area contributed by atoms with Gasteiger partial charge in [0.1, 0.15) is 11.6 Å². The van der Waals surface area contributed by atoms with Crippen LogP contribution in [0.15, 0.2) is 29.8 Å². The summed E-state index contributed by atoms with van der Waals surface area (Å²) in [5.41, 5.74) is 1.52. The third-order valence-electron chi connectivity index (χ3n) is 3.14. The molecule has 1 aromatic rings. The largest absolute Gasteiger partial charge is 0.463 e. The van der Waals surface area contributed by atoms with Crippen LogP contribution in [0.4, 0.5) is 5.69 Å². The highest BCUT2D eigenvalue weighted by Gasteiger charge is 2.13. The number of nitrogens with zero attached hydrogens (tertiary/aromatic N) is 2. The van der Waals surface area contributed by atoms with E-state index in [-0.39, 0.29) is 5.57 Å². The molecule has 0 saturated carbocycles. The van der Waals surface area contributed by atoms with Gasteiger partial charge in [-0.1, -0.05) is 25.5 Å². The summed E-state index contributed by atoms with van der Waals surface area (Å²) in [5, 5.41) is 9.10. The van der Waals surface area contributed by atoms with Gasteiger partial charge >= 0.3 is 11.9 Å². The number of carbonyl (C=O) groups excluding carboxylic acids is 2. The Bertz CT molecular complexity index is 627. The van der Waals surface area contributed by atoms with Crippen LogP contribution in [-0.2, 0) is 19.1 Å². The van der Waals surface area contributed by atoms with Crippen LogP contribution >= 0.6 is 0 Å². The summed E-state index contributed by atoms with van der Waals surface area (Å²) in [6, 6.07) is 9.11. The van der Waals surface area contributed by atoms with Crippen molar-refractivity contribution >= 4 is 23.7 Å². The number of carbonyl (C=O) groups is 2. The van der Waals surface area contributed by atoms with E-state index < -0.39 is 18.5 Å². The van der Waals surface area contributed by atoms with Crippen molar-refractivity contribution in [3.8, 4) is 6.07 Å². The molecule has 0 unspecified atom stereocenters. The van der Waals surface area contributed by atoms with E-state index in [0.717, 1.165) is 18.5 Å². The second kappa shape index (κ2) is 10.1. The minimum Gasteiger partial charge on any atom is -0.463 e. The fourth-order valence-electron chi connectivity index (χ4n) is 1.75.